The van der Waals surface area contributed by atoms with Gasteiger partial charge in [0, 0.05) is 25.2 Å². The molecule has 3 aromatic rings. The predicted octanol–water partition coefficient (Wildman–Crippen LogP) is 2.23. The molecule has 1 aliphatic rings. The second-order valence-electron chi connectivity index (χ2n) is 6.51. The lowest BCUT2D eigenvalue weighted by Gasteiger charge is -2.28. The number of fused-ring (bicyclic) bond motifs is 1. The summed E-state index contributed by atoms with van der Waals surface area (Å²) in [4.78, 5) is 18.3. The molecule has 0 aliphatic carbocycles. The summed E-state index contributed by atoms with van der Waals surface area (Å²) in [5.41, 5.74) is 9.27. The first kappa shape index (κ1) is 17.5. The van der Waals surface area contributed by atoms with Crippen LogP contribution >= 0.6 is 11.6 Å². The summed E-state index contributed by atoms with van der Waals surface area (Å²) >= 11 is 5.85. The second kappa shape index (κ2) is 7.36. The van der Waals surface area contributed by atoms with Crippen LogP contribution in [0.5, 0.6) is 0 Å². The predicted molar refractivity (Wildman–Crippen MR) is 103 cm³/mol. The summed E-state index contributed by atoms with van der Waals surface area (Å²) in [6.07, 6.45) is 3.66. The number of primary amides is 1. The van der Waals surface area contributed by atoms with Crippen LogP contribution in [-0.4, -0.2) is 32.2 Å². The van der Waals surface area contributed by atoms with E-state index in [1.54, 1.807) is 0 Å². The molecule has 0 bridgehead atoms. The van der Waals surface area contributed by atoms with Crippen LogP contribution < -0.4 is 10.6 Å². The van der Waals surface area contributed by atoms with E-state index in [0.717, 1.165) is 25.1 Å². The van der Waals surface area contributed by atoms with Crippen LogP contribution in [0.15, 0.2) is 42.7 Å². The molecule has 1 amide bonds. The highest BCUT2D eigenvalue weighted by Crippen LogP contribution is 2.26. The number of amides is 1. The van der Waals surface area contributed by atoms with Crippen molar-refractivity contribution in [1.29, 1.82) is 0 Å². The highest BCUT2D eigenvalue weighted by atomic mass is 35.5. The van der Waals surface area contributed by atoms with Gasteiger partial charge in [-0.25, -0.2) is 4.98 Å². The largest absolute Gasteiger partial charge is 0.365 e. The Morgan fingerprint density at radius 1 is 1.22 bits per heavy atom. The zero-order valence-corrected chi connectivity index (χ0v) is 15.4. The van der Waals surface area contributed by atoms with Gasteiger partial charge in [-0.05, 0) is 18.1 Å². The fraction of sp³-hybridized carbons (Fsp3) is 0.263. The number of nitrogens with two attached hydrogens (primary N) is 1. The topological polar surface area (TPSA) is 89.9 Å². The molecule has 0 unspecified atom stereocenters. The summed E-state index contributed by atoms with van der Waals surface area (Å²) in [6.45, 7) is 2.16. The van der Waals surface area contributed by atoms with Gasteiger partial charge in [-0.1, -0.05) is 41.9 Å². The molecule has 0 spiro atoms. The molecule has 138 valence electrons. The van der Waals surface area contributed by atoms with E-state index >= 15 is 0 Å². The first-order valence-corrected chi connectivity index (χ1v) is 9.14. The van der Waals surface area contributed by atoms with E-state index < -0.39 is 5.91 Å². The van der Waals surface area contributed by atoms with Crippen molar-refractivity contribution < 1.29 is 4.79 Å². The molecule has 7 nitrogen and oxygen atoms in total. The molecule has 0 saturated carbocycles. The van der Waals surface area contributed by atoms with Gasteiger partial charge in [-0.3, -0.25) is 4.79 Å². The van der Waals surface area contributed by atoms with E-state index in [1.807, 2.05) is 17.3 Å². The van der Waals surface area contributed by atoms with E-state index in [4.69, 9.17) is 17.3 Å². The Morgan fingerprint density at radius 3 is 2.81 bits per heavy atom. The number of hydrogen-bond acceptors (Lipinski definition) is 5. The van der Waals surface area contributed by atoms with Crippen LogP contribution in [0.25, 0.3) is 0 Å². The third-order valence-electron chi connectivity index (χ3n) is 4.79. The normalized spacial score (nSPS) is 13.4. The van der Waals surface area contributed by atoms with Crippen molar-refractivity contribution in [2.24, 2.45) is 5.73 Å². The molecule has 27 heavy (non-hydrogen) atoms. The van der Waals surface area contributed by atoms with Crippen LogP contribution in [0.1, 0.15) is 27.3 Å². The lowest BCUT2D eigenvalue weighted by Crippen LogP contribution is -2.34. The first-order chi connectivity index (χ1) is 13.1. The van der Waals surface area contributed by atoms with E-state index in [9.17, 15) is 4.79 Å². The minimum absolute atomic E-state index is 0.149. The van der Waals surface area contributed by atoms with Gasteiger partial charge in [0.2, 0.25) is 0 Å². The lowest BCUT2D eigenvalue weighted by atomic mass is 10.1. The minimum atomic E-state index is -0.569. The van der Waals surface area contributed by atoms with E-state index in [0.29, 0.717) is 18.9 Å². The number of halogens is 1. The average Bonchev–Trinajstić information content (AvgIpc) is 3.09. The molecule has 0 fully saturated rings. The third kappa shape index (κ3) is 3.64. The Bertz CT molecular complexity index is 972. The highest BCUT2D eigenvalue weighted by Gasteiger charge is 2.25. The van der Waals surface area contributed by atoms with Crippen molar-refractivity contribution in [3.63, 3.8) is 0 Å². The van der Waals surface area contributed by atoms with Gasteiger partial charge in [0.1, 0.15) is 0 Å². The number of aromatic nitrogens is 4. The van der Waals surface area contributed by atoms with Crippen molar-refractivity contribution in [2.45, 2.75) is 25.9 Å². The molecule has 4 rings (SSSR count). The maximum Gasteiger partial charge on any atom is 0.252 e. The molecule has 0 radical (unpaired) electrons. The van der Waals surface area contributed by atoms with Gasteiger partial charge in [-0.2, -0.15) is 0 Å². The molecule has 1 aliphatic heterocycles. The number of aryl methyl sites for hydroxylation is 2. The van der Waals surface area contributed by atoms with Crippen molar-refractivity contribution in [1.82, 2.24) is 19.7 Å². The van der Waals surface area contributed by atoms with Gasteiger partial charge in [-0.15, -0.1) is 10.2 Å². The van der Waals surface area contributed by atoms with Crippen LogP contribution in [0.2, 0.25) is 5.15 Å². The lowest BCUT2D eigenvalue weighted by molar-refractivity contribution is 0.1000. The number of hydrogen-bond donors (Lipinski definition) is 1. The summed E-state index contributed by atoms with van der Waals surface area (Å²) in [6, 6.07) is 11.9. The van der Waals surface area contributed by atoms with Crippen LogP contribution in [0, 0.1) is 0 Å². The molecular weight excluding hydrogens is 364 g/mol. The first-order valence-electron chi connectivity index (χ1n) is 8.76. The zero-order valence-electron chi connectivity index (χ0n) is 14.7. The van der Waals surface area contributed by atoms with Crippen molar-refractivity contribution >= 4 is 23.3 Å². The summed E-state index contributed by atoms with van der Waals surface area (Å²) in [5.74, 6) is -0.114. The van der Waals surface area contributed by atoms with Crippen LogP contribution in [0.4, 0.5) is 5.82 Å². The summed E-state index contributed by atoms with van der Waals surface area (Å²) in [5, 5.41) is 8.10. The van der Waals surface area contributed by atoms with Crippen molar-refractivity contribution in [2.75, 3.05) is 11.4 Å². The third-order valence-corrected chi connectivity index (χ3v) is 4.97. The van der Waals surface area contributed by atoms with Crippen molar-refractivity contribution in [3.05, 3.63) is 70.4 Å². The number of anilines is 1. The fourth-order valence-corrected chi connectivity index (χ4v) is 3.56. The smallest absolute Gasteiger partial charge is 0.252 e. The maximum atomic E-state index is 11.7. The number of carbonyl (C=O) groups excluding carboxylic acids is 1. The summed E-state index contributed by atoms with van der Waals surface area (Å²) < 4.78 is 2.21. The number of carbonyl (C=O) groups is 1. The minimum Gasteiger partial charge on any atom is -0.365 e. The molecule has 2 aromatic heterocycles. The molecule has 3 heterocycles. The van der Waals surface area contributed by atoms with Crippen molar-refractivity contribution in [3.8, 4) is 0 Å². The molecule has 0 saturated heterocycles. The Morgan fingerprint density at radius 2 is 2.04 bits per heavy atom. The fourth-order valence-electron chi connectivity index (χ4n) is 3.41. The Hall–Kier alpha value is -2.93. The highest BCUT2D eigenvalue weighted by molar-refractivity contribution is 6.29. The quantitative estimate of drug-likeness (QED) is 0.730. The molecular formula is C19H19ClN6O. The zero-order chi connectivity index (χ0) is 18.8. The average molecular weight is 383 g/mol. The number of nitrogens with zero attached hydrogens (tertiary/aromatic N) is 5. The van der Waals surface area contributed by atoms with E-state index in [-0.39, 0.29) is 10.7 Å². The van der Waals surface area contributed by atoms with E-state index in [2.05, 4.69) is 44.0 Å². The summed E-state index contributed by atoms with van der Waals surface area (Å²) in [7, 11) is 0. The SMILES string of the molecule is NC(=O)c1cc(Cl)nnc1N1CCc2c(ncn2CCc2ccccc2)C1. The molecule has 0 atom stereocenters. The van der Waals surface area contributed by atoms with Crippen LogP contribution in [0.3, 0.4) is 0 Å². The Labute approximate surface area is 161 Å². The second-order valence-corrected chi connectivity index (χ2v) is 6.89. The maximum absolute atomic E-state index is 11.7. The molecule has 1 aromatic carbocycles. The number of benzene rings is 1. The van der Waals surface area contributed by atoms with Gasteiger partial charge >= 0.3 is 0 Å². The number of rotatable bonds is 5. The standard InChI is InChI=1S/C19H19ClN6O/c20-17-10-14(18(21)27)19(24-23-17)25-9-7-16-15(11-25)22-12-26(16)8-6-13-4-2-1-3-5-13/h1-5,10,12H,6-9,11H2,(H2,21,27). The Kier molecular flexibility index (Phi) is 4.77. The van der Waals surface area contributed by atoms with Gasteiger partial charge in [0.15, 0.2) is 11.0 Å². The monoisotopic (exact) mass is 382 g/mol. The molecule has 8 heteroatoms. The van der Waals surface area contributed by atoms with E-state index in [1.165, 1.54) is 17.3 Å². The molecule has 2 N–H and O–H groups in total. The number of imidazole rings is 1. The van der Waals surface area contributed by atoms with Gasteiger partial charge in [0.25, 0.3) is 5.91 Å². The van der Waals surface area contributed by atoms with Crippen LogP contribution in [-0.2, 0) is 25.9 Å². The van der Waals surface area contributed by atoms with Gasteiger partial charge < -0.3 is 15.2 Å². The Balaban J connectivity index is 1.52. The van der Waals surface area contributed by atoms with Gasteiger partial charge in [0.05, 0.1) is 24.1 Å².